The van der Waals surface area contributed by atoms with Crippen LogP contribution in [0.5, 0.6) is 0 Å². The molecule has 0 aromatic heterocycles. The second kappa shape index (κ2) is 4.07. The minimum atomic E-state index is -3.64. The van der Waals surface area contributed by atoms with Gasteiger partial charge in [0.2, 0.25) is 10.0 Å². The molecule has 8 heteroatoms. The highest BCUT2D eigenvalue weighted by molar-refractivity contribution is 9.09. The van der Waals surface area contributed by atoms with E-state index >= 15 is 0 Å². The molecule has 0 saturated carbocycles. The molecule has 0 aromatic carbocycles. The molecule has 1 heterocycles. The Hall–Kier alpha value is 0.340. The van der Waals surface area contributed by atoms with Gasteiger partial charge >= 0.3 is 0 Å². The van der Waals surface area contributed by atoms with E-state index in [4.69, 9.17) is 0 Å². The number of nitrogens with zero attached hydrogens (tertiary/aromatic N) is 1. The molecule has 14 heavy (non-hydrogen) atoms. The summed E-state index contributed by atoms with van der Waals surface area (Å²) >= 11 is 3.30. The average molecular weight is 306 g/mol. The van der Waals surface area contributed by atoms with Crippen molar-refractivity contribution in [1.29, 1.82) is 0 Å². The molecule has 1 rings (SSSR count). The molecule has 1 fully saturated rings. The van der Waals surface area contributed by atoms with Crippen LogP contribution in [0, 0.1) is 0 Å². The van der Waals surface area contributed by atoms with E-state index in [9.17, 15) is 16.8 Å². The highest BCUT2D eigenvalue weighted by atomic mass is 79.9. The van der Waals surface area contributed by atoms with Crippen LogP contribution in [-0.2, 0) is 19.9 Å². The summed E-state index contributed by atoms with van der Waals surface area (Å²) in [7, 11) is -7.12. The van der Waals surface area contributed by atoms with E-state index in [0.717, 1.165) is 12.7 Å². The van der Waals surface area contributed by atoms with Crippen molar-refractivity contribution < 1.29 is 16.8 Å². The van der Waals surface area contributed by atoms with Gasteiger partial charge in [0, 0.05) is 24.2 Å². The molecule has 0 spiro atoms. The lowest BCUT2D eigenvalue weighted by molar-refractivity contribution is 0.482. The Labute approximate surface area is 92.6 Å². The normalized spacial score (nSPS) is 25.4. The first-order chi connectivity index (χ1) is 6.21. The fraction of sp³-hybridized carbons (Fsp3) is 1.00. The number of rotatable bonds is 3. The SMILES string of the molecule is CS(=O)(=O)CS(=O)(=O)N1CCC(Br)C1. The Kier molecular flexibility index (Phi) is 3.61. The Bertz CT molecular complexity index is 402. The molecule has 0 N–H and O–H groups in total. The smallest absolute Gasteiger partial charge is 0.228 e. The molecule has 0 bridgehead atoms. The van der Waals surface area contributed by atoms with Gasteiger partial charge in [0.05, 0.1) is 0 Å². The van der Waals surface area contributed by atoms with Crippen molar-refractivity contribution in [3.05, 3.63) is 0 Å². The van der Waals surface area contributed by atoms with Gasteiger partial charge in [0.15, 0.2) is 14.9 Å². The van der Waals surface area contributed by atoms with Crippen LogP contribution >= 0.6 is 15.9 Å². The van der Waals surface area contributed by atoms with E-state index in [-0.39, 0.29) is 4.83 Å². The summed E-state index contributed by atoms with van der Waals surface area (Å²) in [6.07, 6.45) is 1.65. The first-order valence-electron chi connectivity index (χ1n) is 4.00. The van der Waals surface area contributed by atoms with Crippen molar-refractivity contribution in [2.75, 3.05) is 24.4 Å². The number of sulfonamides is 1. The van der Waals surface area contributed by atoms with Gasteiger partial charge in [-0.1, -0.05) is 15.9 Å². The van der Waals surface area contributed by atoms with Crippen LogP contribution in [0.15, 0.2) is 0 Å². The van der Waals surface area contributed by atoms with Crippen LogP contribution < -0.4 is 0 Å². The van der Waals surface area contributed by atoms with E-state index in [1.54, 1.807) is 0 Å². The molecule has 5 nitrogen and oxygen atoms in total. The topological polar surface area (TPSA) is 71.5 Å². The van der Waals surface area contributed by atoms with Crippen molar-refractivity contribution in [1.82, 2.24) is 4.31 Å². The summed E-state index contributed by atoms with van der Waals surface area (Å²) in [4.78, 5) is 0.136. The van der Waals surface area contributed by atoms with Crippen molar-refractivity contribution >= 4 is 35.8 Å². The molecule has 1 unspecified atom stereocenters. The molecule has 1 aliphatic rings. The molecule has 1 atom stereocenters. The van der Waals surface area contributed by atoms with Crippen LogP contribution in [0.25, 0.3) is 0 Å². The van der Waals surface area contributed by atoms with Crippen LogP contribution in [0.2, 0.25) is 0 Å². The number of halogens is 1. The molecule has 0 radical (unpaired) electrons. The number of alkyl halides is 1. The second-order valence-electron chi connectivity index (χ2n) is 3.40. The van der Waals surface area contributed by atoms with Gasteiger partial charge in [-0.3, -0.25) is 0 Å². The molecule has 1 aliphatic heterocycles. The third-order valence-corrected chi connectivity index (χ3v) is 6.62. The Morgan fingerprint density at radius 3 is 2.29 bits per heavy atom. The van der Waals surface area contributed by atoms with Crippen molar-refractivity contribution in [2.45, 2.75) is 11.2 Å². The highest BCUT2D eigenvalue weighted by Crippen LogP contribution is 2.20. The molecule has 0 aliphatic carbocycles. The fourth-order valence-corrected chi connectivity index (χ4v) is 5.58. The maximum absolute atomic E-state index is 11.5. The Balaban J connectivity index is 2.77. The maximum atomic E-state index is 11.5. The largest absolute Gasteiger partial charge is 0.228 e. The van der Waals surface area contributed by atoms with E-state index < -0.39 is 24.9 Å². The molecular weight excluding hydrogens is 294 g/mol. The number of hydrogen-bond donors (Lipinski definition) is 0. The lowest BCUT2D eigenvalue weighted by Gasteiger charge is -2.14. The van der Waals surface area contributed by atoms with Crippen molar-refractivity contribution in [3.8, 4) is 0 Å². The van der Waals surface area contributed by atoms with E-state index in [1.807, 2.05) is 0 Å². The predicted octanol–water partition coefficient (Wildman–Crippen LogP) is -0.212. The standard InChI is InChI=1S/C6H12BrNO4S2/c1-13(9,10)5-14(11,12)8-3-2-6(7)4-8/h6H,2-5H2,1H3. The lowest BCUT2D eigenvalue weighted by Crippen LogP contribution is -2.33. The lowest BCUT2D eigenvalue weighted by atomic mass is 10.4. The maximum Gasteiger partial charge on any atom is 0.228 e. The predicted molar refractivity (Wildman–Crippen MR) is 57.5 cm³/mol. The molecular formula is C6H12BrNO4S2. The third kappa shape index (κ3) is 3.48. The number of sulfone groups is 1. The van der Waals surface area contributed by atoms with Gasteiger partial charge in [-0.25, -0.2) is 16.8 Å². The summed E-state index contributed by atoms with van der Waals surface area (Å²) < 4.78 is 46.0. The van der Waals surface area contributed by atoms with Gasteiger partial charge in [-0.2, -0.15) is 4.31 Å². The van der Waals surface area contributed by atoms with Crippen molar-refractivity contribution in [2.24, 2.45) is 0 Å². The highest BCUT2D eigenvalue weighted by Gasteiger charge is 2.32. The summed E-state index contributed by atoms with van der Waals surface area (Å²) in [5.41, 5.74) is 0. The van der Waals surface area contributed by atoms with E-state index in [0.29, 0.717) is 13.1 Å². The first kappa shape index (κ1) is 12.4. The minimum absolute atomic E-state index is 0.136. The molecule has 0 amide bonds. The van der Waals surface area contributed by atoms with Gasteiger partial charge < -0.3 is 0 Å². The van der Waals surface area contributed by atoms with Gasteiger partial charge in [0.1, 0.15) is 0 Å². The van der Waals surface area contributed by atoms with Gasteiger partial charge in [-0.15, -0.1) is 0 Å². The van der Waals surface area contributed by atoms with E-state index in [2.05, 4.69) is 15.9 Å². The van der Waals surface area contributed by atoms with E-state index in [1.165, 1.54) is 4.31 Å². The number of hydrogen-bond acceptors (Lipinski definition) is 4. The van der Waals surface area contributed by atoms with Crippen LogP contribution in [0.1, 0.15) is 6.42 Å². The van der Waals surface area contributed by atoms with Crippen LogP contribution in [0.3, 0.4) is 0 Å². The zero-order valence-corrected chi connectivity index (χ0v) is 10.9. The van der Waals surface area contributed by atoms with Crippen LogP contribution in [-0.4, -0.2) is 50.4 Å². The summed E-state index contributed by atoms with van der Waals surface area (Å²) in [6.45, 7) is 0.756. The summed E-state index contributed by atoms with van der Waals surface area (Å²) in [5.74, 6) is 0. The fourth-order valence-electron chi connectivity index (χ4n) is 1.29. The van der Waals surface area contributed by atoms with Gasteiger partial charge in [-0.05, 0) is 6.42 Å². The summed E-state index contributed by atoms with van der Waals surface area (Å²) in [5, 5.41) is -0.792. The zero-order valence-electron chi connectivity index (χ0n) is 7.68. The molecule has 0 aromatic rings. The summed E-state index contributed by atoms with van der Waals surface area (Å²) in [6, 6.07) is 0. The van der Waals surface area contributed by atoms with Gasteiger partial charge in [0.25, 0.3) is 0 Å². The minimum Gasteiger partial charge on any atom is -0.228 e. The first-order valence-corrected chi connectivity index (χ1v) is 8.59. The average Bonchev–Trinajstić information content (AvgIpc) is 2.29. The van der Waals surface area contributed by atoms with Crippen molar-refractivity contribution in [3.63, 3.8) is 0 Å². The third-order valence-electron chi connectivity index (χ3n) is 1.85. The Morgan fingerprint density at radius 1 is 1.36 bits per heavy atom. The monoisotopic (exact) mass is 305 g/mol. The zero-order chi connectivity index (χ0) is 11.0. The molecule has 84 valence electrons. The Morgan fingerprint density at radius 2 is 1.93 bits per heavy atom. The quantitative estimate of drug-likeness (QED) is 0.676. The van der Waals surface area contributed by atoms with Crippen LogP contribution in [0.4, 0.5) is 0 Å². The second-order valence-corrected chi connectivity index (χ2v) is 9.17. The molecule has 1 saturated heterocycles.